The van der Waals surface area contributed by atoms with Crippen LogP contribution in [0.5, 0.6) is 0 Å². The van der Waals surface area contributed by atoms with E-state index in [1.54, 1.807) is 13.8 Å². The number of imide groups is 1. The predicted molar refractivity (Wildman–Crippen MR) is 119 cm³/mol. The highest BCUT2D eigenvalue weighted by Gasteiger charge is 2.44. The van der Waals surface area contributed by atoms with Gasteiger partial charge in [0.1, 0.15) is 12.1 Å². The first-order valence-corrected chi connectivity index (χ1v) is 10.4. The van der Waals surface area contributed by atoms with Crippen molar-refractivity contribution in [3.8, 4) is 0 Å². The van der Waals surface area contributed by atoms with Crippen molar-refractivity contribution < 1.29 is 14.4 Å². The van der Waals surface area contributed by atoms with E-state index < -0.39 is 23.4 Å². The number of urea groups is 1. The summed E-state index contributed by atoms with van der Waals surface area (Å²) in [6, 6.07) is 14.9. The highest BCUT2D eigenvalue weighted by Crippen LogP contribution is 2.34. The molecule has 1 aliphatic rings. The first kappa shape index (κ1) is 20.9. The lowest BCUT2D eigenvalue weighted by molar-refractivity contribution is -0.134. The van der Waals surface area contributed by atoms with Crippen LogP contribution in [0.15, 0.2) is 54.7 Å². The van der Waals surface area contributed by atoms with Gasteiger partial charge in [-0.3, -0.25) is 14.5 Å². The van der Waals surface area contributed by atoms with Crippen molar-refractivity contribution >= 4 is 40.3 Å². The molecule has 1 aromatic heterocycles. The summed E-state index contributed by atoms with van der Waals surface area (Å²) in [5.41, 5.74) is 1.86. The molecule has 8 heteroatoms. The second kappa shape index (κ2) is 8.07. The maximum atomic E-state index is 12.6. The average molecular weight is 439 g/mol. The van der Waals surface area contributed by atoms with E-state index >= 15 is 0 Å². The van der Waals surface area contributed by atoms with Crippen LogP contribution in [-0.2, 0) is 9.59 Å². The first-order valence-electron chi connectivity index (χ1n) is 9.99. The largest absolute Gasteiger partial charge is 0.361 e. The molecule has 160 valence electrons. The highest BCUT2D eigenvalue weighted by molar-refractivity contribution is 6.31. The Morgan fingerprint density at radius 1 is 1.10 bits per heavy atom. The zero-order valence-electron chi connectivity index (χ0n) is 17.2. The molecule has 2 aromatic carbocycles. The zero-order valence-corrected chi connectivity index (χ0v) is 18.0. The van der Waals surface area contributed by atoms with Gasteiger partial charge in [0, 0.05) is 34.6 Å². The van der Waals surface area contributed by atoms with Crippen molar-refractivity contribution in [1.82, 2.24) is 20.5 Å². The van der Waals surface area contributed by atoms with Gasteiger partial charge >= 0.3 is 6.03 Å². The summed E-state index contributed by atoms with van der Waals surface area (Å²) >= 11 is 6.48. The zero-order chi connectivity index (χ0) is 22.2. The number of H-pyrrole nitrogens is 1. The van der Waals surface area contributed by atoms with Gasteiger partial charge in [-0.2, -0.15) is 0 Å². The summed E-state index contributed by atoms with van der Waals surface area (Å²) in [5.74, 6) is -1.06. The molecule has 0 unspecified atom stereocenters. The normalized spacial score (nSPS) is 16.4. The number of fused-ring (bicyclic) bond motifs is 1. The number of para-hydroxylation sites is 1. The summed E-state index contributed by atoms with van der Waals surface area (Å²) in [6.07, 6.45) is 1.92. The number of carbonyl (C=O) groups is 3. The molecule has 31 heavy (non-hydrogen) atoms. The third-order valence-electron chi connectivity index (χ3n) is 5.53. The molecule has 3 N–H and O–H groups in total. The summed E-state index contributed by atoms with van der Waals surface area (Å²) < 4.78 is 0. The molecule has 0 radical (unpaired) electrons. The Kier molecular flexibility index (Phi) is 5.45. The van der Waals surface area contributed by atoms with E-state index in [4.69, 9.17) is 11.6 Å². The van der Waals surface area contributed by atoms with Crippen LogP contribution < -0.4 is 10.6 Å². The van der Waals surface area contributed by atoms with E-state index in [1.807, 2.05) is 54.7 Å². The maximum absolute atomic E-state index is 12.6. The maximum Gasteiger partial charge on any atom is 0.325 e. The smallest absolute Gasteiger partial charge is 0.325 e. The topological polar surface area (TPSA) is 94.3 Å². The Balaban J connectivity index is 1.56. The Bertz CT molecular complexity index is 1170. The number of rotatable bonds is 6. The summed E-state index contributed by atoms with van der Waals surface area (Å²) in [4.78, 5) is 41.2. The van der Waals surface area contributed by atoms with Crippen molar-refractivity contribution in [2.45, 2.75) is 25.3 Å². The third-order valence-corrected chi connectivity index (χ3v) is 5.87. The molecule has 1 aliphatic heterocycles. The summed E-state index contributed by atoms with van der Waals surface area (Å²) in [7, 11) is 0. The molecular formula is C23H23ClN4O3. The molecule has 4 rings (SSSR count). The summed E-state index contributed by atoms with van der Waals surface area (Å²) in [6.45, 7) is 3.14. The Morgan fingerprint density at radius 3 is 2.52 bits per heavy atom. The van der Waals surface area contributed by atoms with Gasteiger partial charge in [0.15, 0.2) is 0 Å². The van der Waals surface area contributed by atoms with Crippen molar-refractivity contribution in [1.29, 1.82) is 0 Å². The van der Waals surface area contributed by atoms with E-state index in [1.165, 1.54) is 0 Å². The van der Waals surface area contributed by atoms with Crippen LogP contribution >= 0.6 is 11.6 Å². The number of benzene rings is 2. The lowest BCUT2D eigenvalue weighted by Gasteiger charge is -2.20. The Hall–Kier alpha value is -3.32. The van der Waals surface area contributed by atoms with Gasteiger partial charge in [-0.1, -0.05) is 48.0 Å². The van der Waals surface area contributed by atoms with Gasteiger partial charge in [0.2, 0.25) is 5.91 Å². The SMILES string of the molecule is CC1(C)NC(=O)N(CC(=O)NC[C@H](c2ccccc2Cl)c2c[nH]c3ccccc23)C1=O. The molecule has 0 spiro atoms. The molecule has 0 bridgehead atoms. The second-order valence-corrected chi connectivity index (χ2v) is 8.52. The van der Waals surface area contributed by atoms with Crippen LogP contribution in [-0.4, -0.2) is 46.4 Å². The lowest BCUT2D eigenvalue weighted by Crippen LogP contribution is -2.43. The fourth-order valence-corrected chi connectivity index (χ4v) is 4.17. The number of aromatic nitrogens is 1. The van der Waals surface area contributed by atoms with Crippen LogP contribution in [0.1, 0.15) is 30.9 Å². The number of carbonyl (C=O) groups excluding carboxylic acids is 3. The quantitative estimate of drug-likeness (QED) is 0.515. The minimum Gasteiger partial charge on any atom is -0.361 e. The molecule has 0 aliphatic carbocycles. The van der Waals surface area contributed by atoms with Crippen molar-refractivity contribution in [3.63, 3.8) is 0 Å². The highest BCUT2D eigenvalue weighted by atomic mass is 35.5. The van der Waals surface area contributed by atoms with Crippen LogP contribution in [0.2, 0.25) is 5.02 Å². The molecule has 2 heterocycles. The molecule has 0 saturated carbocycles. The molecule has 4 amide bonds. The molecule has 3 aromatic rings. The van der Waals surface area contributed by atoms with E-state index in [0.29, 0.717) is 5.02 Å². The van der Waals surface area contributed by atoms with Gasteiger partial charge in [-0.15, -0.1) is 0 Å². The number of amides is 4. The number of nitrogens with zero attached hydrogens (tertiary/aromatic N) is 1. The van der Waals surface area contributed by atoms with Crippen molar-refractivity contribution in [3.05, 3.63) is 70.9 Å². The van der Waals surface area contributed by atoms with Crippen molar-refractivity contribution in [2.24, 2.45) is 0 Å². The van der Waals surface area contributed by atoms with E-state index in [0.717, 1.165) is 26.9 Å². The minimum absolute atomic E-state index is 0.214. The van der Waals surface area contributed by atoms with Gasteiger partial charge in [-0.25, -0.2) is 4.79 Å². The fraction of sp³-hybridized carbons (Fsp3) is 0.261. The average Bonchev–Trinajstić information content (AvgIpc) is 3.24. The number of aromatic amines is 1. The fourth-order valence-electron chi connectivity index (χ4n) is 3.90. The van der Waals surface area contributed by atoms with E-state index in [-0.39, 0.29) is 19.0 Å². The van der Waals surface area contributed by atoms with E-state index in [2.05, 4.69) is 15.6 Å². The van der Waals surface area contributed by atoms with Gasteiger partial charge in [-0.05, 0) is 37.1 Å². The number of hydrogen-bond donors (Lipinski definition) is 3. The minimum atomic E-state index is -1.01. The Labute approximate surface area is 184 Å². The monoisotopic (exact) mass is 438 g/mol. The molecule has 1 atom stereocenters. The Morgan fingerprint density at radius 2 is 1.81 bits per heavy atom. The predicted octanol–water partition coefficient (Wildman–Crippen LogP) is 3.40. The molecular weight excluding hydrogens is 416 g/mol. The first-order chi connectivity index (χ1) is 14.8. The summed E-state index contributed by atoms with van der Waals surface area (Å²) in [5, 5.41) is 7.09. The third kappa shape index (κ3) is 4.01. The molecule has 1 fully saturated rings. The van der Waals surface area contributed by atoms with Crippen LogP contribution in [0.4, 0.5) is 4.79 Å². The van der Waals surface area contributed by atoms with Gasteiger partial charge in [0.25, 0.3) is 5.91 Å². The van der Waals surface area contributed by atoms with Crippen LogP contribution in [0.25, 0.3) is 10.9 Å². The van der Waals surface area contributed by atoms with Gasteiger partial charge in [0.05, 0.1) is 0 Å². The standard InChI is InChI=1S/C23H23ClN4O3/c1-23(2)21(30)28(22(31)27-23)13-20(29)26-12-16(14-7-3-5-9-18(14)24)17-11-25-19-10-6-4-8-15(17)19/h3-11,16,25H,12-13H2,1-2H3,(H,26,29)(H,27,31)/t16-/m1/s1. The lowest BCUT2D eigenvalue weighted by atomic mass is 9.90. The van der Waals surface area contributed by atoms with Crippen molar-refractivity contribution in [2.75, 3.05) is 13.1 Å². The number of hydrogen-bond acceptors (Lipinski definition) is 3. The molecule has 1 saturated heterocycles. The van der Waals surface area contributed by atoms with E-state index in [9.17, 15) is 14.4 Å². The van der Waals surface area contributed by atoms with Gasteiger partial charge < -0.3 is 15.6 Å². The van der Waals surface area contributed by atoms with Crippen LogP contribution in [0.3, 0.4) is 0 Å². The second-order valence-electron chi connectivity index (χ2n) is 8.11. The molecule has 7 nitrogen and oxygen atoms in total. The van der Waals surface area contributed by atoms with Crippen LogP contribution in [0, 0.1) is 0 Å². The number of halogens is 1. The number of nitrogens with one attached hydrogen (secondary N) is 3.